The first-order valence-corrected chi connectivity index (χ1v) is 10.6. The first kappa shape index (κ1) is 20.2. The predicted molar refractivity (Wildman–Crippen MR) is 111 cm³/mol. The number of aromatic amines is 1. The van der Waals surface area contributed by atoms with Gasteiger partial charge in [-0.15, -0.1) is 0 Å². The van der Waals surface area contributed by atoms with Gasteiger partial charge in [-0.1, -0.05) is 58.2 Å². The fourth-order valence-electron chi connectivity index (χ4n) is 3.19. The average molecular weight is 385 g/mol. The van der Waals surface area contributed by atoms with Gasteiger partial charge in [-0.2, -0.15) is 0 Å². The molecule has 0 fully saturated rings. The Morgan fingerprint density at radius 2 is 2.00 bits per heavy atom. The number of rotatable bonds is 9. The molecule has 0 aliphatic carbocycles. The van der Waals surface area contributed by atoms with Gasteiger partial charge in [0.05, 0.1) is 0 Å². The summed E-state index contributed by atoms with van der Waals surface area (Å²) in [6.45, 7) is 6.89. The van der Waals surface area contributed by atoms with Crippen LogP contribution in [0.15, 0.2) is 9.95 Å². The van der Waals surface area contributed by atoms with E-state index in [2.05, 4.69) is 30.7 Å². The van der Waals surface area contributed by atoms with Crippen molar-refractivity contribution in [1.82, 2.24) is 19.1 Å². The topological polar surface area (TPSA) is 55.6 Å². The lowest BCUT2D eigenvalue weighted by Crippen LogP contribution is -2.21. The minimum absolute atomic E-state index is 0. The van der Waals surface area contributed by atoms with E-state index in [9.17, 15) is 4.79 Å². The molecule has 0 saturated heterocycles. The van der Waals surface area contributed by atoms with Gasteiger partial charge in [0.25, 0.3) is 5.56 Å². The number of unbranched alkanes of at least 4 members (excludes halogenated alkanes) is 1. The molecule has 2 aromatic heterocycles. The molecule has 0 spiro atoms. The van der Waals surface area contributed by atoms with Crippen LogP contribution in [0.3, 0.4) is 0 Å². The second kappa shape index (κ2) is 9.03. The highest BCUT2D eigenvalue weighted by Crippen LogP contribution is 2.28. The number of hydrogen-bond acceptors (Lipinski definition) is 4. The van der Waals surface area contributed by atoms with Crippen molar-refractivity contribution in [3.63, 3.8) is 0 Å². The van der Waals surface area contributed by atoms with E-state index in [0.29, 0.717) is 15.9 Å². The van der Waals surface area contributed by atoms with Crippen LogP contribution in [0.2, 0.25) is 0 Å². The Balaban J connectivity index is 0.00000338. The molecule has 7 heteroatoms. The van der Waals surface area contributed by atoms with Crippen LogP contribution in [0.5, 0.6) is 0 Å². The van der Waals surface area contributed by atoms with Crippen LogP contribution >= 0.6 is 24.0 Å². The van der Waals surface area contributed by atoms with Gasteiger partial charge in [-0.25, -0.2) is 4.98 Å². The van der Waals surface area contributed by atoms with Gasteiger partial charge < -0.3 is 9.55 Å². The van der Waals surface area contributed by atoms with Crippen molar-refractivity contribution in [2.75, 3.05) is 5.75 Å². The van der Waals surface area contributed by atoms with Crippen LogP contribution in [0, 0.1) is 16.6 Å². The first-order valence-electron chi connectivity index (χ1n) is 9.19. The summed E-state index contributed by atoms with van der Waals surface area (Å²) in [4.78, 5) is 20.1. The number of fused-ring (bicyclic) bond motifs is 1. The van der Waals surface area contributed by atoms with Crippen molar-refractivity contribution in [2.45, 2.75) is 58.0 Å². The highest BCUT2D eigenvalue weighted by Gasteiger charge is 2.16. The maximum Gasteiger partial charge on any atom is 0.280 e. The van der Waals surface area contributed by atoms with Crippen molar-refractivity contribution in [3.8, 4) is 0 Å². The lowest BCUT2D eigenvalue weighted by atomic mass is 9.85. The van der Waals surface area contributed by atoms with Crippen molar-refractivity contribution >= 4 is 35.1 Å². The molecule has 2 aromatic rings. The number of imidazole rings is 1. The van der Waals surface area contributed by atoms with Crippen molar-refractivity contribution in [2.24, 2.45) is 25.9 Å². The van der Waals surface area contributed by atoms with E-state index in [1.165, 1.54) is 36.7 Å². The summed E-state index contributed by atoms with van der Waals surface area (Å²) in [6.07, 6.45) is 6.29. The van der Waals surface area contributed by atoms with E-state index >= 15 is 0 Å². The zero-order chi connectivity index (χ0) is 18.6. The lowest BCUT2D eigenvalue weighted by molar-refractivity contribution is 0.312. The van der Waals surface area contributed by atoms with Gasteiger partial charge >= 0.3 is 0 Å². The van der Waals surface area contributed by atoms with Gasteiger partial charge in [-0.3, -0.25) is 9.36 Å². The third-order valence-corrected chi connectivity index (χ3v) is 6.63. The number of nitrogens with zero attached hydrogens (tertiary/aromatic N) is 3. The Morgan fingerprint density at radius 1 is 1.28 bits per heavy atom. The molecule has 142 valence electrons. The van der Waals surface area contributed by atoms with E-state index in [-0.39, 0.29) is 6.99 Å². The molecule has 0 aromatic carbocycles. The summed E-state index contributed by atoms with van der Waals surface area (Å²) in [7, 11) is 3.55. The van der Waals surface area contributed by atoms with Crippen LogP contribution in [0.4, 0.5) is 0 Å². The van der Waals surface area contributed by atoms with E-state index in [0.717, 1.165) is 22.7 Å². The van der Waals surface area contributed by atoms with Crippen molar-refractivity contribution in [3.05, 3.63) is 15.1 Å². The standard InChI is InChI=1S/C18H30N4OS2.H2/c1-6-8-9-13(12(3)7-2)10-11-25-17-19-14-15(20-17)21(4)18(24)22(5)16(14)23;/h12-13H,6-11H2,1-5H3,(H,19,20);1H. The second-order valence-electron chi connectivity index (χ2n) is 6.87. The van der Waals surface area contributed by atoms with Crippen molar-refractivity contribution in [1.29, 1.82) is 0 Å². The predicted octanol–water partition coefficient (Wildman–Crippen LogP) is 4.91. The molecule has 2 atom stereocenters. The summed E-state index contributed by atoms with van der Waals surface area (Å²) in [5.41, 5.74) is 1.06. The summed E-state index contributed by atoms with van der Waals surface area (Å²) in [5, 5.41) is 0.807. The molecule has 0 aliphatic rings. The third kappa shape index (κ3) is 4.56. The third-order valence-electron chi connectivity index (χ3n) is 5.18. The molecule has 0 bridgehead atoms. The molecule has 2 rings (SSSR count). The highest BCUT2D eigenvalue weighted by atomic mass is 32.2. The molecular weight excluding hydrogens is 352 g/mol. The van der Waals surface area contributed by atoms with Crippen LogP contribution < -0.4 is 5.56 Å². The van der Waals surface area contributed by atoms with E-state index in [1.54, 1.807) is 23.4 Å². The lowest BCUT2D eigenvalue weighted by Gasteiger charge is -2.22. The number of thioether (sulfide) groups is 1. The van der Waals surface area contributed by atoms with Gasteiger partial charge in [0.15, 0.2) is 21.1 Å². The zero-order valence-electron chi connectivity index (χ0n) is 16.0. The SMILES string of the molecule is CCCCC(CCSc1nc2c([nH]1)c(=O)n(C)c(=S)n2C)C(C)CC.[HH]. The molecule has 2 heterocycles. The van der Waals surface area contributed by atoms with E-state index in [4.69, 9.17) is 12.2 Å². The van der Waals surface area contributed by atoms with Crippen LogP contribution in [0.1, 0.15) is 54.3 Å². The monoisotopic (exact) mass is 384 g/mol. The fourth-order valence-corrected chi connectivity index (χ4v) is 4.30. The fraction of sp³-hybridized carbons (Fsp3) is 0.722. The Hall–Kier alpha value is -1.08. The number of aromatic nitrogens is 4. The Morgan fingerprint density at radius 3 is 2.64 bits per heavy atom. The molecular formula is C18H32N4OS2. The largest absolute Gasteiger partial charge is 0.327 e. The molecule has 1 N–H and O–H groups in total. The summed E-state index contributed by atoms with van der Waals surface area (Å²) in [6, 6.07) is 0. The molecule has 5 nitrogen and oxygen atoms in total. The Bertz CT molecular complexity index is 827. The smallest absolute Gasteiger partial charge is 0.280 e. The quantitative estimate of drug-likeness (QED) is 0.493. The molecule has 2 unspecified atom stereocenters. The molecule has 0 saturated carbocycles. The summed E-state index contributed by atoms with van der Waals surface area (Å²) >= 11 is 6.99. The Labute approximate surface area is 160 Å². The molecule has 0 radical (unpaired) electrons. The van der Waals surface area contributed by atoms with Crippen LogP contribution in [0.25, 0.3) is 11.2 Å². The minimum Gasteiger partial charge on any atom is -0.327 e. The summed E-state index contributed by atoms with van der Waals surface area (Å²) < 4.78 is 3.75. The van der Waals surface area contributed by atoms with Gasteiger partial charge in [-0.05, 0) is 30.5 Å². The van der Waals surface area contributed by atoms with E-state index in [1.807, 2.05) is 7.05 Å². The average Bonchev–Trinajstić information content (AvgIpc) is 3.04. The first-order chi connectivity index (χ1) is 11.9. The second-order valence-corrected chi connectivity index (χ2v) is 8.32. The van der Waals surface area contributed by atoms with Crippen LogP contribution in [-0.2, 0) is 14.1 Å². The normalized spacial score (nSPS) is 14.1. The minimum atomic E-state index is -0.113. The molecule has 0 amide bonds. The van der Waals surface area contributed by atoms with Gasteiger partial charge in [0.2, 0.25) is 0 Å². The summed E-state index contributed by atoms with van der Waals surface area (Å²) in [5.74, 6) is 2.55. The van der Waals surface area contributed by atoms with Gasteiger partial charge in [0.1, 0.15) is 0 Å². The number of nitrogens with one attached hydrogen (secondary N) is 1. The van der Waals surface area contributed by atoms with E-state index < -0.39 is 0 Å². The van der Waals surface area contributed by atoms with Gasteiger partial charge in [0, 0.05) is 21.3 Å². The maximum absolute atomic E-state index is 12.3. The highest BCUT2D eigenvalue weighted by molar-refractivity contribution is 7.99. The maximum atomic E-state index is 12.3. The number of aryl methyl sites for hydroxylation is 1. The number of H-pyrrole nitrogens is 1. The number of hydrogen-bond donors (Lipinski definition) is 1. The molecule has 25 heavy (non-hydrogen) atoms. The zero-order valence-corrected chi connectivity index (χ0v) is 17.6. The van der Waals surface area contributed by atoms with Crippen molar-refractivity contribution < 1.29 is 1.43 Å². The Kier molecular flexibility index (Phi) is 7.31. The molecule has 0 aliphatic heterocycles. The van der Waals surface area contributed by atoms with Crippen LogP contribution in [-0.4, -0.2) is 24.9 Å².